The highest BCUT2D eigenvalue weighted by Gasteiger charge is 2.24. The van der Waals surface area contributed by atoms with Gasteiger partial charge in [-0.25, -0.2) is 8.78 Å². The molecule has 0 bridgehead atoms. The van der Waals surface area contributed by atoms with Gasteiger partial charge < -0.3 is 19.4 Å². The van der Waals surface area contributed by atoms with E-state index in [-0.39, 0.29) is 23.7 Å². The Labute approximate surface area is 171 Å². The maximum absolute atomic E-state index is 14.6. The van der Waals surface area contributed by atoms with Gasteiger partial charge in [0.2, 0.25) is 5.43 Å². The number of hydrogen-bond acceptors (Lipinski definition) is 4. The molecule has 0 saturated carbocycles. The molecule has 2 heterocycles. The largest absolute Gasteiger partial charge is 0.497 e. The summed E-state index contributed by atoms with van der Waals surface area (Å²) in [5, 5.41) is 2.29. The van der Waals surface area contributed by atoms with Gasteiger partial charge in [-0.3, -0.25) is 9.59 Å². The monoisotopic (exact) mass is 414 g/mol. The molecule has 1 saturated heterocycles. The molecule has 1 atom stereocenters. The summed E-state index contributed by atoms with van der Waals surface area (Å²) in [5.41, 5.74) is -0.506. The van der Waals surface area contributed by atoms with Crippen molar-refractivity contribution in [3.8, 4) is 5.75 Å². The van der Waals surface area contributed by atoms with E-state index < -0.39 is 28.4 Å². The van der Waals surface area contributed by atoms with Crippen LogP contribution in [-0.2, 0) is 11.3 Å². The molecule has 1 fully saturated rings. The average molecular weight is 414 g/mol. The summed E-state index contributed by atoms with van der Waals surface area (Å²) in [6, 6.07) is 8.67. The van der Waals surface area contributed by atoms with Crippen LogP contribution in [0.15, 0.2) is 47.4 Å². The number of fused-ring (bicyclic) bond motifs is 1. The lowest BCUT2D eigenvalue weighted by Gasteiger charge is -2.16. The van der Waals surface area contributed by atoms with Gasteiger partial charge in [0.05, 0.1) is 30.7 Å². The lowest BCUT2D eigenvalue weighted by molar-refractivity contribution is 0.0928. The number of rotatable bonds is 5. The number of pyridine rings is 1. The first-order valence-electron chi connectivity index (χ1n) is 9.50. The number of benzene rings is 2. The minimum Gasteiger partial charge on any atom is -0.497 e. The van der Waals surface area contributed by atoms with Gasteiger partial charge in [-0.2, -0.15) is 0 Å². The molecule has 1 amide bonds. The number of carbonyl (C=O) groups is 1. The normalized spacial score (nSPS) is 16.0. The number of amides is 1. The number of aromatic nitrogens is 1. The molecule has 1 N–H and O–H groups in total. The van der Waals surface area contributed by atoms with Crippen molar-refractivity contribution in [3.63, 3.8) is 0 Å². The third-order valence-electron chi connectivity index (χ3n) is 5.14. The summed E-state index contributed by atoms with van der Waals surface area (Å²) in [4.78, 5) is 25.6. The zero-order valence-corrected chi connectivity index (χ0v) is 16.3. The predicted molar refractivity (Wildman–Crippen MR) is 107 cm³/mol. The molecule has 4 rings (SSSR count). The number of nitrogens with zero attached hydrogens (tertiary/aromatic N) is 1. The molecular weight excluding hydrogens is 394 g/mol. The fourth-order valence-electron chi connectivity index (χ4n) is 3.58. The number of carbonyl (C=O) groups excluding carboxylic acids is 1. The average Bonchev–Trinajstić information content (AvgIpc) is 3.25. The topological polar surface area (TPSA) is 69.6 Å². The second kappa shape index (κ2) is 8.23. The second-order valence-electron chi connectivity index (χ2n) is 7.13. The fraction of sp³-hybridized carbons (Fsp3) is 0.273. The van der Waals surface area contributed by atoms with Gasteiger partial charge in [0.1, 0.15) is 22.9 Å². The Kier molecular flexibility index (Phi) is 5.50. The molecule has 8 heteroatoms. The quantitative estimate of drug-likeness (QED) is 0.697. The molecule has 0 spiro atoms. The van der Waals surface area contributed by atoms with Gasteiger partial charge in [-0.05, 0) is 36.2 Å². The lowest BCUT2D eigenvalue weighted by atomic mass is 10.1. The van der Waals surface area contributed by atoms with Gasteiger partial charge in [0.25, 0.3) is 5.91 Å². The molecule has 1 aliphatic heterocycles. The van der Waals surface area contributed by atoms with Crippen molar-refractivity contribution in [1.82, 2.24) is 9.88 Å². The number of halogens is 2. The molecule has 0 radical (unpaired) electrons. The standard InChI is InChI=1S/C22H20F2N2O4/c1-29-15-4-2-13(3-5-15)10-26-11-16(22(28)25-14-8-9-30-12-14)21(27)19-17(23)6-7-18(24)20(19)26/h2-7,11,14H,8-10,12H2,1H3,(H,25,28). The Bertz CT molecular complexity index is 1150. The Morgan fingerprint density at radius 2 is 1.93 bits per heavy atom. The molecule has 1 aromatic heterocycles. The summed E-state index contributed by atoms with van der Waals surface area (Å²) >= 11 is 0. The van der Waals surface area contributed by atoms with E-state index in [1.54, 1.807) is 31.4 Å². The van der Waals surface area contributed by atoms with Gasteiger partial charge >= 0.3 is 0 Å². The summed E-state index contributed by atoms with van der Waals surface area (Å²) < 4.78 is 40.9. The smallest absolute Gasteiger partial charge is 0.257 e. The number of ether oxygens (including phenoxy) is 2. The Balaban J connectivity index is 1.82. The minimum absolute atomic E-state index is 0.133. The van der Waals surface area contributed by atoms with Crippen LogP contribution in [0.3, 0.4) is 0 Å². The van der Waals surface area contributed by atoms with Crippen molar-refractivity contribution >= 4 is 16.8 Å². The SMILES string of the molecule is COc1ccc(Cn2cc(C(=O)NC3CCOC3)c(=O)c3c(F)ccc(F)c32)cc1. The molecule has 1 aliphatic rings. The van der Waals surface area contributed by atoms with Crippen molar-refractivity contribution in [3.05, 3.63) is 75.6 Å². The fourth-order valence-corrected chi connectivity index (χ4v) is 3.58. The van der Waals surface area contributed by atoms with Crippen molar-refractivity contribution in [2.75, 3.05) is 20.3 Å². The van der Waals surface area contributed by atoms with E-state index in [1.807, 2.05) is 0 Å². The molecule has 30 heavy (non-hydrogen) atoms. The third-order valence-corrected chi connectivity index (χ3v) is 5.14. The van der Waals surface area contributed by atoms with Crippen LogP contribution in [0.25, 0.3) is 10.9 Å². The van der Waals surface area contributed by atoms with E-state index in [2.05, 4.69) is 5.32 Å². The Hall–Kier alpha value is -3.26. The number of hydrogen-bond donors (Lipinski definition) is 1. The Morgan fingerprint density at radius 1 is 1.20 bits per heavy atom. The maximum Gasteiger partial charge on any atom is 0.257 e. The molecule has 6 nitrogen and oxygen atoms in total. The maximum atomic E-state index is 14.6. The molecule has 0 aliphatic carbocycles. The van der Waals surface area contributed by atoms with Gasteiger partial charge in [0, 0.05) is 19.3 Å². The van der Waals surface area contributed by atoms with E-state index in [9.17, 15) is 18.4 Å². The third kappa shape index (κ3) is 3.78. The van der Waals surface area contributed by atoms with E-state index in [4.69, 9.17) is 9.47 Å². The number of methoxy groups -OCH3 is 1. The molecule has 3 aromatic rings. The van der Waals surface area contributed by atoms with Crippen LogP contribution in [0.4, 0.5) is 8.78 Å². The first kappa shape index (κ1) is 20.0. The number of nitrogens with one attached hydrogen (secondary N) is 1. The Morgan fingerprint density at radius 3 is 2.60 bits per heavy atom. The van der Waals surface area contributed by atoms with Crippen molar-refractivity contribution in [2.45, 2.75) is 19.0 Å². The molecule has 1 unspecified atom stereocenters. The van der Waals surface area contributed by atoms with E-state index in [1.165, 1.54) is 10.8 Å². The summed E-state index contributed by atoms with van der Waals surface area (Å²) in [7, 11) is 1.54. The molecular formula is C22H20F2N2O4. The zero-order chi connectivity index (χ0) is 21.3. The molecule has 156 valence electrons. The first-order valence-corrected chi connectivity index (χ1v) is 9.50. The predicted octanol–water partition coefficient (Wildman–Crippen LogP) is 2.86. The van der Waals surface area contributed by atoms with E-state index >= 15 is 0 Å². The highest BCUT2D eigenvalue weighted by Crippen LogP contribution is 2.21. The van der Waals surface area contributed by atoms with Crippen molar-refractivity contribution < 1.29 is 23.0 Å². The zero-order valence-electron chi connectivity index (χ0n) is 16.3. The van der Waals surface area contributed by atoms with Crippen LogP contribution in [0.5, 0.6) is 5.75 Å². The summed E-state index contributed by atoms with van der Waals surface area (Å²) in [6.07, 6.45) is 1.91. The van der Waals surface area contributed by atoms with E-state index in [0.717, 1.165) is 17.7 Å². The summed E-state index contributed by atoms with van der Waals surface area (Å²) in [5.74, 6) is -1.60. The van der Waals surface area contributed by atoms with E-state index in [0.29, 0.717) is 25.4 Å². The molecule has 2 aromatic carbocycles. The van der Waals surface area contributed by atoms with Crippen LogP contribution in [0.2, 0.25) is 0 Å². The highest BCUT2D eigenvalue weighted by atomic mass is 19.1. The van der Waals surface area contributed by atoms with Crippen LogP contribution in [0, 0.1) is 11.6 Å². The lowest BCUT2D eigenvalue weighted by Crippen LogP contribution is -2.38. The van der Waals surface area contributed by atoms with Crippen LogP contribution in [-0.4, -0.2) is 36.8 Å². The van der Waals surface area contributed by atoms with Crippen LogP contribution < -0.4 is 15.5 Å². The summed E-state index contributed by atoms with van der Waals surface area (Å²) in [6.45, 7) is 1.00. The van der Waals surface area contributed by atoms with Gasteiger partial charge in [0.15, 0.2) is 0 Å². The minimum atomic E-state index is -0.876. The van der Waals surface area contributed by atoms with Crippen LogP contribution >= 0.6 is 0 Å². The van der Waals surface area contributed by atoms with Gasteiger partial charge in [-0.1, -0.05) is 12.1 Å². The first-order chi connectivity index (χ1) is 14.5. The van der Waals surface area contributed by atoms with Crippen molar-refractivity contribution in [1.29, 1.82) is 0 Å². The second-order valence-corrected chi connectivity index (χ2v) is 7.13. The van der Waals surface area contributed by atoms with Gasteiger partial charge in [-0.15, -0.1) is 0 Å². The van der Waals surface area contributed by atoms with Crippen molar-refractivity contribution in [2.24, 2.45) is 0 Å². The van der Waals surface area contributed by atoms with Crippen LogP contribution in [0.1, 0.15) is 22.3 Å². The highest BCUT2D eigenvalue weighted by molar-refractivity contribution is 5.97.